The van der Waals surface area contributed by atoms with Gasteiger partial charge in [-0.2, -0.15) is 0 Å². The number of amides is 1. The number of nitrogens with one attached hydrogen (secondary N) is 1. The largest absolute Gasteiger partial charge is 0.366 e. The van der Waals surface area contributed by atoms with Crippen molar-refractivity contribution in [2.24, 2.45) is 11.7 Å². The Hall–Kier alpha value is -1.39. The van der Waals surface area contributed by atoms with Crippen LogP contribution in [0.25, 0.3) is 0 Å². The van der Waals surface area contributed by atoms with E-state index in [4.69, 9.17) is 5.73 Å². The summed E-state index contributed by atoms with van der Waals surface area (Å²) in [5.41, 5.74) is 7.03. The third kappa shape index (κ3) is 4.33. The van der Waals surface area contributed by atoms with Gasteiger partial charge < -0.3 is 16.0 Å². The Morgan fingerprint density at radius 1 is 1.53 bits per heavy atom. The lowest BCUT2D eigenvalue weighted by Gasteiger charge is -2.27. The van der Waals surface area contributed by atoms with Crippen molar-refractivity contribution in [3.63, 3.8) is 0 Å². The molecule has 1 aromatic rings. The summed E-state index contributed by atoms with van der Waals surface area (Å²) >= 11 is 0. The predicted molar refractivity (Wildman–Crippen MR) is 76.9 cm³/mol. The molecule has 0 radical (unpaired) electrons. The Morgan fingerprint density at radius 2 is 2.37 bits per heavy atom. The van der Waals surface area contributed by atoms with Crippen molar-refractivity contribution >= 4 is 5.91 Å². The standard InChI is InChI=1S/C15H23N3O/c1-18(11-13-5-3-7-17-9-13)10-12-4-2-6-14(8-12)15(16)19/h2,4,6,8,13,17H,3,5,7,9-11H2,1H3,(H2,16,19). The predicted octanol–water partition coefficient (Wildman–Crippen LogP) is 1.22. The maximum Gasteiger partial charge on any atom is 0.248 e. The monoisotopic (exact) mass is 261 g/mol. The van der Waals surface area contributed by atoms with Crippen LogP contribution < -0.4 is 11.1 Å². The number of rotatable bonds is 5. The Kier molecular flexibility index (Phi) is 4.93. The molecule has 1 fully saturated rings. The van der Waals surface area contributed by atoms with Crippen molar-refractivity contribution in [1.82, 2.24) is 10.2 Å². The second kappa shape index (κ2) is 6.68. The first-order chi connectivity index (χ1) is 9.15. The van der Waals surface area contributed by atoms with Crippen LogP contribution in [0.3, 0.4) is 0 Å². The number of nitrogens with two attached hydrogens (primary N) is 1. The van der Waals surface area contributed by atoms with E-state index in [9.17, 15) is 4.79 Å². The molecule has 4 heteroatoms. The summed E-state index contributed by atoms with van der Waals surface area (Å²) < 4.78 is 0. The summed E-state index contributed by atoms with van der Waals surface area (Å²) in [6.45, 7) is 4.22. The number of hydrogen-bond donors (Lipinski definition) is 2. The number of carbonyl (C=O) groups is 1. The van der Waals surface area contributed by atoms with E-state index in [-0.39, 0.29) is 5.91 Å². The van der Waals surface area contributed by atoms with Crippen LogP contribution in [-0.4, -0.2) is 37.5 Å². The molecule has 1 unspecified atom stereocenters. The van der Waals surface area contributed by atoms with Crippen LogP contribution in [0, 0.1) is 5.92 Å². The highest BCUT2D eigenvalue weighted by Crippen LogP contribution is 2.13. The molecule has 19 heavy (non-hydrogen) atoms. The molecule has 0 bridgehead atoms. The van der Waals surface area contributed by atoms with Gasteiger partial charge in [-0.1, -0.05) is 12.1 Å². The summed E-state index contributed by atoms with van der Waals surface area (Å²) in [4.78, 5) is 13.5. The molecule has 0 saturated carbocycles. The van der Waals surface area contributed by atoms with Crippen LogP contribution in [0.1, 0.15) is 28.8 Å². The molecule has 2 rings (SSSR count). The normalized spacial score (nSPS) is 19.6. The van der Waals surface area contributed by atoms with E-state index in [1.54, 1.807) is 6.07 Å². The highest BCUT2D eigenvalue weighted by atomic mass is 16.1. The van der Waals surface area contributed by atoms with Gasteiger partial charge in [-0.15, -0.1) is 0 Å². The molecule has 1 aliphatic heterocycles. The van der Waals surface area contributed by atoms with Crippen molar-refractivity contribution in [3.05, 3.63) is 35.4 Å². The highest BCUT2D eigenvalue weighted by Gasteiger charge is 2.15. The minimum Gasteiger partial charge on any atom is -0.366 e. The molecular formula is C15H23N3O. The first-order valence-electron chi connectivity index (χ1n) is 6.93. The van der Waals surface area contributed by atoms with Gasteiger partial charge in [0.05, 0.1) is 0 Å². The van der Waals surface area contributed by atoms with E-state index in [2.05, 4.69) is 17.3 Å². The van der Waals surface area contributed by atoms with Crippen molar-refractivity contribution in [2.45, 2.75) is 19.4 Å². The third-order valence-corrected chi connectivity index (χ3v) is 3.63. The number of benzene rings is 1. The molecule has 1 heterocycles. The van der Waals surface area contributed by atoms with Crippen LogP contribution in [0.5, 0.6) is 0 Å². The summed E-state index contributed by atoms with van der Waals surface area (Å²) in [5.74, 6) is 0.374. The van der Waals surface area contributed by atoms with Crippen molar-refractivity contribution in [3.8, 4) is 0 Å². The average molecular weight is 261 g/mol. The number of nitrogens with zero attached hydrogens (tertiary/aromatic N) is 1. The Labute approximate surface area is 115 Å². The Balaban J connectivity index is 1.88. The van der Waals surface area contributed by atoms with E-state index in [0.29, 0.717) is 5.56 Å². The molecule has 1 saturated heterocycles. The molecule has 0 aliphatic carbocycles. The quantitative estimate of drug-likeness (QED) is 0.838. The van der Waals surface area contributed by atoms with Gasteiger partial charge in [-0.05, 0) is 56.6 Å². The Morgan fingerprint density at radius 3 is 3.05 bits per heavy atom. The fourth-order valence-corrected chi connectivity index (χ4v) is 2.72. The zero-order chi connectivity index (χ0) is 13.7. The second-order valence-corrected chi connectivity index (χ2v) is 5.47. The van der Waals surface area contributed by atoms with Crippen LogP contribution in [0.4, 0.5) is 0 Å². The number of piperidine rings is 1. The van der Waals surface area contributed by atoms with Crippen LogP contribution in [-0.2, 0) is 6.54 Å². The topological polar surface area (TPSA) is 58.4 Å². The van der Waals surface area contributed by atoms with E-state index in [1.807, 2.05) is 18.2 Å². The van der Waals surface area contributed by atoms with Crippen LogP contribution in [0.2, 0.25) is 0 Å². The molecule has 4 nitrogen and oxygen atoms in total. The van der Waals surface area contributed by atoms with E-state index < -0.39 is 0 Å². The summed E-state index contributed by atoms with van der Waals surface area (Å²) in [6.07, 6.45) is 2.58. The van der Waals surface area contributed by atoms with Gasteiger partial charge in [-0.25, -0.2) is 0 Å². The van der Waals surface area contributed by atoms with E-state index in [1.165, 1.54) is 12.8 Å². The molecule has 1 aromatic carbocycles. The lowest BCUT2D eigenvalue weighted by Crippen LogP contribution is -2.36. The van der Waals surface area contributed by atoms with Crippen molar-refractivity contribution in [2.75, 3.05) is 26.7 Å². The van der Waals surface area contributed by atoms with Gasteiger partial charge in [0, 0.05) is 18.7 Å². The number of hydrogen-bond acceptors (Lipinski definition) is 3. The smallest absolute Gasteiger partial charge is 0.248 e. The van der Waals surface area contributed by atoms with Crippen molar-refractivity contribution in [1.29, 1.82) is 0 Å². The highest BCUT2D eigenvalue weighted by molar-refractivity contribution is 5.92. The van der Waals surface area contributed by atoms with Crippen LogP contribution >= 0.6 is 0 Å². The average Bonchev–Trinajstić information content (AvgIpc) is 2.40. The molecular weight excluding hydrogens is 238 g/mol. The molecule has 1 amide bonds. The van der Waals surface area contributed by atoms with E-state index in [0.717, 1.165) is 37.7 Å². The molecule has 3 N–H and O–H groups in total. The maximum absolute atomic E-state index is 11.2. The lowest BCUT2D eigenvalue weighted by atomic mass is 9.99. The minimum atomic E-state index is -0.360. The maximum atomic E-state index is 11.2. The van der Waals surface area contributed by atoms with Crippen LogP contribution in [0.15, 0.2) is 24.3 Å². The fourth-order valence-electron chi connectivity index (χ4n) is 2.72. The molecule has 0 spiro atoms. The van der Waals surface area contributed by atoms with Gasteiger partial charge in [0.1, 0.15) is 0 Å². The fraction of sp³-hybridized carbons (Fsp3) is 0.533. The first-order valence-corrected chi connectivity index (χ1v) is 6.93. The SMILES string of the molecule is CN(Cc1cccc(C(N)=O)c1)CC1CCCNC1. The van der Waals surface area contributed by atoms with Gasteiger partial charge in [0.15, 0.2) is 0 Å². The van der Waals surface area contributed by atoms with Gasteiger partial charge >= 0.3 is 0 Å². The molecule has 0 aromatic heterocycles. The summed E-state index contributed by atoms with van der Waals surface area (Å²) in [5, 5.41) is 3.44. The second-order valence-electron chi connectivity index (χ2n) is 5.47. The molecule has 1 aliphatic rings. The third-order valence-electron chi connectivity index (χ3n) is 3.63. The summed E-state index contributed by atoms with van der Waals surface area (Å²) in [6, 6.07) is 7.59. The van der Waals surface area contributed by atoms with Gasteiger partial charge in [-0.3, -0.25) is 4.79 Å². The minimum absolute atomic E-state index is 0.360. The molecule has 104 valence electrons. The Bertz CT molecular complexity index is 427. The lowest BCUT2D eigenvalue weighted by molar-refractivity contribution is 0.1000. The van der Waals surface area contributed by atoms with Crippen molar-refractivity contribution < 1.29 is 4.79 Å². The summed E-state index contributed by atoms with van der Waals surface area (Å²) in [7, 11) is 2.13. The van der Waals surface area contributed by atoms with Gasteiger partial charge in [0.2, 0.25) is 5.91 Å². The zero-order valence-corrected chi connectivity index (χ0v) is 11.6. The zero-order valence-electron chi connectivity index (χ0n) is 11.6. The van der Waals surface area contributed by atoms with Gasteiger partial charge in [0.25, 0.3) is 0 Å². The van der Waals surface area contributed by atoms with E-state index >= 15 is 0 Å². The number of carbonyl (C=O) groups excluding carboxylic acids is 1. The molecule has 1 atom stereocenters. The first kappa shape index (κ1) is 14.0. The number of primary amides is 1.